The van der Waals surface area contributed by atoms with Gasteiger partial charge in [0.15, 0.2) is 0 Å². The highest BCUT2D eigenvalue weighted by Gasteiger charge is 2.38. The van der Waals surface area contributed by atoms with E-state index in [0.717, 1.165) is 44.8 Å². The number of methoxy groups -OCH3 is 1. The molecular formula is C30H40N6O4S. The van der Waals surface area contributed by atoms with Gasteiger partial charge in [0.2, 0.25) is 10.0 Å². The zero-order valence-corrected chi connectivity index (χ0v) is 25.2. The number of piperidine rings is 2. The van der Waals surface area contributed by atoms with Crippen molar-refractivity contribution < 1.29 is 17.9 Å². The van der Waals surface area contributed by atoms with Crippen LogP contribution < -0.4 is 19.3 Å². The number of nitrogens with zero attached hydrogens (tertiary/aromatic N) is 6. The molecule has 2 aliphatic rings. The van der Waals surface area contributed by atoms with Crippen LogP contribution in [0.15, 0.2) is 53.8 Å². The van der Waals surface area contributed by atoms with Crippen molar-refractivity contribution >= 4 is 21.5 Å². The Labute approximate surface area is 243 Å². The Morgan fingerprint density at radius 3 is 2.15 bits per heavy atom. The van der Waals surface area contributed by atoms with E-state index >= 15 is 0 Å². The number of likely N-dealkylation sites (N-methyl/N-ethyl adjacent to an activating group) is 1. The monoisotopic (exact) mass is 580 g/mol. The molecular weight excluding hydrogens is 540 g/mol. The molecule has 41 heavy (non-hydrogen) atoms. The maximum Gasteiger partial charge on any atom is 0.318 e. The summed E-state index contributed by atoms with van der Waals surface area (Å²) in [5, 5.41) is 0. The first kappa shape index (κ1) is 29.1. The van der Waals surface area contributed by atoms with Gasteiger partial charge in [-0.3, -0.25) is 4.98 Å². The normalized spacial score (nSPS) is 17.2. The third kappa shape index (κ3) is 6.41. The summed E-state index contributed by atoms with van der Waals surface area (Å²) in [6.45, 7) is 7.93. The first-order chi connectivity index (χ1) is 19.7. The van der Waals surface area contributed by atoms with Crippen LogP contribution in [0.4, 0.5) is 11.5 Å². The lowest BCUT2D eigenvalue weighted by atomic mass is 9.71. The van der Waals surface area contributed by atoms with Gasteiger partial charge in [-0.15, -0.1) is 0 Å². The first-order valence-corrected chi connectivity index (χ1v) is 15.6. The van der Waals surface area contributed by atoms with E-state index in [1.54, 1.807) is 46.3 Å². The molecule has 5 rings (SSSR count). The highest BCUT2D eigenvalue weighted by molar-refractivity contribution is 7.89. The minimum Gasteiger partial charge on any atom is -0.497 e. The molecule has 2 saturated heterocycles. The summed E-state index contributed by atoms with van der Waals surface area (Å²) < 4.78 is 39.0. The molecule has 3 aromatic rings. The van der Waals surface area contributed by atoms with Crippen molar-refractivity contribution in [1.82, 2.24) is 19.3 Å². The Kier molecular flexibility index (Phi) is 8.65. The van der Waals surface area contributed by atoms with Gasteiger partial charge in [0.25, 0.3) is 0 Å². The van der Waals surface area contributed by atoms with Crippen molar-refractivity contribution in [2.24, 2.45) is 5.41 Å². The molecule has 0 aliphatic carbocycles. The highest BCUT2D eigenvalue weighted by atomic mass is 32.2. The van der Waals surface area contributed by atoms with Gasteiger partial charge in [-0.2, -0.15) is 9.29 Å². The van der Waals surface area contributed by atoms with Gasteiger partial charge in [0.05, 0.1) is 12.0 Å². The molecule has 11 heteroatoms. The Balaban J connectivity index is 1.13. The Morgan fingerprint density at radius 1 is 0.927 bits per heavy atom. The van der Waals surface area contributed by atoms with Crippen LogP contribution in [0.3, 0.4) is 0 Å². The van der Waals surface area contributed by atoms with E-state index in [2.05, 4.69) is 36.9 Å². The molecule has 0 unspecified atom stereocenters. The largest absolute Gasteiger partial charge is 0.497 e. The molecule has 0 bridgehead atoms. The van der Waals surface area contributed by atoms with Crippen LogP contribution in [0.5, 0.6) is 11.8 Å². The third-order valence-corrected chi connectivity index (χ3v) is 10.8. The summed E-state index contributed by atoms with van der Waals surface area (Å²) in [6.07, 6.45) is 10.1. The Hall–Kier alpha value is -3.44. The van der Waals surface area contributed by atoms with Crippen LogP contribution in [0.1, 0.15) is 36.8 Å². The topological polar surface area (TPSA) is 101 Å². The lowest BCUT2D eigenvalue weighted by molar-refractivity contribution is 0.166. The van der Waals surface area contributed by atoms with Gasteiger partial charge in [-0.25, -0.2) is 13.4 Å². The number of hydrogen-bond acceptors (Lipinski definition) is 9. The van der Waals surface area contributed by atoms with Crippen LogP contribution in [0, 0.1) is 19.3 Å². The summed E-state index contributed by atoms with van der Waals surface area (Å²) in [5.74, 6) is 1.49. The van der Waals surface area contributed by atoms with E-state index in [1.807, 2.05) is 18.5 Å². The Bertz CT molecular complexity index is 1410. The van der Waals surface area contributed by atoms with Crippen molar-refractivity contribution in [3.8, 4) is 11.8 Å². The van der Waals surface area contributed by atoms with Crippen LogP contribution in [-0.4, -0.2) is 81.2 Å². The fourth-order valence-electron chi connectivity index (χ4n) is 6.06. The number of hydrogen-bond donors (Lipinski definition) is 0. The fourth-order valence-corrected chi connectivity index (χ4v) is 7.62. The smallest absolute Gasteiger partial charge is 0.318 e. The van der Waals surface area contributed by atoms with Gasteiger partial charge < -0.3 is 19.3 Å². The van der Waals surface area contributed by atoms with Gasteiger partial charge in [-0.1, -0.05) is 0 Å². The molecule has 1 spiro atoms. The molecule has 2 aliphatic heterocycles. The number of ether oxygens (including phenoxy) is 2. The SMILES string of the molecule is COc1cc(C)c(S(=O)(=O)N(C)CCOc2nccc(N3CCC4(CCN(c5ccncc5)CC4)CC3)n2)c(C)c1. The lowest BCUT2D eigenvalue weighted by Gasteiger charge is -2.47. The maximum absolute atomic E-state index is 13.3. The summed E-state index contributed by atoms with van der Waals surface area (Å²) in [6, 6.07) is 9.83. The Morgan fingerprint density at radius 2 is 1.54 bits per heavy atom. The zero-order chi connectivity index (χ0) is 29.0. The summed E-state index contributed by atoms with van der Waals surface area (Å²) in [4.78, 5) is 18.1. The van der Waals surface area contributed by atoms with Crippen LogP contribution in [0.2, 0.25) is 0 Å². The van der Waals surface area contributed by atoms with Crippen molar-refractivity contribution in [3.05, 3.63) is 60.0 Å². The standard InChI is InChI=1S/C30H40N6O4S/c1-23-21-26(39-4)22-24(2)28(23)41(37,38)34(3)19-20-40-29-32-14-7-27(33-29)36-17-10-30(11-18-36)8-15-35(16-9-30)25-5-12-31-13-6-25/h5-7,12-14,21-22H,8-11,15-20H2,1-4H3. The fraction of sp³-hybridized carbons (Fsp3) is 0.500. The summed E-state index contributed by atoms with van der Waals surface area (Å²) >= 11 is 0. The third-order valence-electron chi connectivity index (χ3n) is 8.59. The first-order valence-electron chi connectivity index (χ1n) is 14.2. The van der Waals surface area contributed by atoms with Gasteiger partial charge >= 0.3 is 6.01 Å². The second-order valence-corrected chi connectivity index (χ2v) is 13.1. The number of sulfonamides is 1. The number of benzene rings is 1. The van der Waals surface area contributed by atoms with Crippen LogP contribution in [0.25, 0.3) is 0 Å². The molecule has 1 aromatic carbocycles. The van der Waals surface area contributed by atoms with E-state index in [-0.39, 0.29) is 19.2 Å². The predicted octanol–water partition coefficient (Wildman–Crippen LogP) is 4.08. The number of pyridine rings is 1. The van der Waals surface area contributed by atoms with Crippen molar-refractivity contribution in [2.45, 2.75) is 44.4 Å². The minimum atomic E-state index is -3.70. The average Bonchev–Trinajstić information content (AvgIpc) is 2.98. The molecule has 0 radical (unpaired) electrons. The van der Waals surface area contributed by atoms with Crippen LogP contribution >= 0.6 is 0 Å². The summed E-state index contributed by atoms with van der Waals surface area (Å²) in [5.41, 5.74) is 2.94. The lowest BCUT2D eigenvalue weighted by Crippen LogP contribution is -2.47. The van der Waals surface area contributed by atoms with E-state index < -0.39 is 10.0 Å². The second kappa shape index (κ2) is 12.2. The highest BCUT2D eigenvalue weighted by Crippen LogP contribution is 2.42. The van der Waals surface area contributed by atoms with Gasteiger partial charge in [-0.05, 0) is 86.4 Å². The minimum absolute atomic E-state index is 0.143. The van der Waals surface area contributed by atoms with Crippen LogP contribution in [-0.2, 0) is 10.0 Å². The average molecular weight is 581 g/mol. The molecule has 10 nitrogen and oxygen atoms in total. The molecule has 0 atom stereocenters. The van der Waals surface area contributed by atoms with E-state index in [1.165, 1.54) is 22.8 Å². The number of aryl methyl sites for hydroxylation is 2. The van der Waals surface area contributed by atoms with Gasteiger partial charge in [0.1, 0.15) is 18.2 Å². The van der Waals surface area contributed by atoms with E-state index in [0.29, 0.717) is 27.2 Å². The van der Waals surface area contributed by atoms with Crippen molar-refractivity contribution in [2.75, 3.05) is 63.3 Å². The maximum atomic E-state index is 13.3. The molecule has 220 valence electrons. The quantitative estimate of drug-likeness (QED) is 0.371. The van der Waals surface area contributed by atoms with Crippen molar-refractivity contribution in [1.29, 1.82) is 0 Å². The summed E-state index contributed by atoms with van der Waals surface area (Å²) in [7, 11) is -0.567. The van der Waals surface area contributed by atoms with Gasteiger partial charge in [0, 0.05) is 64.0 Å². The molecule has 0 amide bonds. The molecule has 4 heterocycles. The molecule has 2 fully saturated rings. The van der Waals surface area contributed by atoms with E-state index in [4.69, 9.17) is 9.47 Å². The number of aromatic nitrogens is 3. The second-order valence-electron chi connectivity index (χ2n) is 11.1. The zero-order valence-electron chi connectivity index (χ0n) is 24.4. The number of anilines is 2. The van der Waals surface area contributed by atoms with Crippen molar-refractivity contribution in [3.63, 3.8) is 0 Å². The molecule has 2 aromatic heterocycles. The van der Waals surface area contributed by atoms with E-state index in [9.17, 15) is 8.42 Å². The number of rotatable bonds is 9. The predicted molar refractivity (Wildman–Crippen MR) is 159 cm³/mol. The molecule has 0 saturated carbocycles. The molecule has 0 N–H and O–H groups in total.